The molecule has 0 atom stereocenters. The van der Waals surface area contributed by atoms with Crippen molar-refractivity contribution in [2.24, 2.45) is 5.16 Å². The van der Waals surface area contributed by atoms with Crippen molar-refractivity contribution < 1.29 is 5.21 Å². The molecule has 0 radical (unpaired) electrons. The Morgan fingerprint density at radius 3 is 2.42 bits per heavy atom. The standard InChI is InChI=1S/C10H13NO/c1-7-4-5-10(6-8(7)2)9(3)11-12/h4-6,12H,1-3H3. The number of nitrogens with zero attached hydrogens (tertiary/aromatic N) is 1. The molecule has 1 N–H and O–H groups in total. The van der Waals surface area contributed by atoms with E-state index in [-0.39, 0.29) is 0 Å². The summed E-state index contributed by atoms with van der Waals surface area (Å²) in [5, 5.41) is 11.7. The highest BCUT2D eigenvalue weighted by Crippen LogP contribution is 2.10. The molecule has 12 heavy (non-hydrogen) atoms. The molecule has 2 heteroatoms. The van der Waals surface area contributed by atoms with E-state index in [1.165, 1.54) is 11.1 Å². The fourth-order valence-electron chi connectivity index (χ4n) is 1.02. The number of oxime groups is 1. The molecule has 0 unspecified atom stereocenters. The average molecular weight is 163 g/mol. The predicted octanol–water partition coefficient (Wildman–Crippen LogP) is 2.50. The molecule has 2 nitrogen and oxygen atoms in total. The zero-order valence-electron chi connectivity index (χ0n) is 7.63. The third kappa shape index (κ3) is 1.64. The van der Waals surface area contributed by atoms with Gasteiger partial charge in [-0.05, 0) is 43.5 Å². The van der Waals surface area contributed by atoms with Crippen molar-refractivity contribution in [3.8, 4) is 0 Å². The first-order chi connectivity index (χ1) is 5.65. The molecular weight excluding hydrogens is 150 g/mol. The Balaban J connectivity index is 3.13. The maximum Gasteiger partial charge on any atom is 0.0837 e. The van der Waals surface area contributed by atoms with Gasteiger partial charge in [0, 0.05) is 0 Å². The van der Waals surface area contributed by atoms with E-state index in [4.69, 9.17) is 5.21 Å². The lowest BCUT2D eigenvalue weighted by Crippen LogP contribution is -1.95. The number of hydrogen-bond acceptors (Lipinski definition) is 2. The van der Waals surface area contributed by atoms with Crippen molar-refractivity contribution in [2.45, 2.75) is 20.8 Å². The molecule has 64 valence electrons. The Labute approximate surface area is 72.5 Å². The molecule has 1 aromatic rings. The van der Waals surface area contributed by atoms with Crippen molar-refractivity contribution in [3.05, 3.63) is 34.9 Å². The van der Waals surface area contributed by atoms with E-state index < -0.39 is 0 Å². The van der Waals surface area contributed by atoms with Crippen LogP contribution in [0.4, 0.5) is 0 Å². The first-order valence-electron chi connectivity index (χ1n) is 3.91. The van der Waals surface area contributed by atoms with Gasteiger partial charge in [-0.3, -0.25) is 0 Å². The molecule has 1 aromatic carbocycles. The summed E-state index contributed by atoms with van der Waals surface area (Å²) in [6.07, 6.45) is 0. The maximum absolute atomic E-state index is 8.54. The first-order valence-corrected chi connectivity index (χ1v) is 3.91. The van der Waals surface area contributed by atoms with Crippen LogP contribution < -0.4 is 0 Å². The lowest BCUT2D eigenvalue weighted by Gasteiger charge is -2.02. The van der Waals surface area contributed by atoms with Gasteiger partial charge in [0.25, 0.3) is 0 Å². The molecule has 0 spiro atoms. The molecule has 0 aliphatic carbocycles. The second kappa shape index (κ2) is 3.39. The first kappa shape index (κ1) is 8.78. The quantitative estimate of drug-likeness (QED) is 0.385. The van der Waals surface area contributed by atoms with Gasteiger partial charge in [-0.25, -0.2) is 0 Å². The van der Waals surface area contributed by atoms with Crippen molar-refractivity contribution in [1.29, 1.82) is 0 Å². The Morgan fingerprint density at radius 1 is 1.25 bits per heavy atom. The van der Waals surface area contributed by atoms with Crippen LogP contribution in [0.15, 0.2) is 23.4 Å². The second-order valence-electron chi connectivity index (χ2n) is 2.98. The molecule has 0 fully saturated rings. The molecule has 0 saturated heterocycles. The summed E-state index contributed by atoms with van der Waals surface area (Å²) >= 11 is 0. The largest absolute Gasteiger partial charge is 0.411 e. The molecule has 0 bridgehead atoms. The Kier molecular flexibility index (Phi) is 2.48. The van der Waals surface area contributed by atoms with Crippen LogP contribution in [0.3, 0.4) is 0 Å². The Bertz CT molecular complexity index is 316. The van der Waals surface area contributed by atoms with Crippen LogP contribution in [-0.2, 0) is 0 Å². The van der Waals surface area contributed by atoms with Crippen LogP contribution in [0.5, 0.6) is 0 Å². The summed E-state index contributed by atoms with van der Waals surface area (Å²) in [5.74, 6) is 0. The van der Waals surface area contributed by atoms with E-state index in [1.54, 1.807) is 6.92 Å². The highest BCUT2D eigenvalue weighted by atomic mass is 16.4. The Morgan fingerprint density at radius 2 is 1.92 bits per heavy atom. The third-order valence-corrected chi connectivity index (χ3v) is 2.07. The maximum atomic E-state index is 8.54. The van der Waals surface area contributed by atoms with Crippen LogP contribution in [-0.4, -0.2) is 10.9 Å². The predicted molar refractivity (Wildman–Crippen MR) is 49.9 cm³/mol. The highest BCUT2D eigenvalue weighted by molar-refractivity contribution is 5.98. The van der Waals surface area contributed by atoms with Gasteiger partial charge >= 0.3 is 0 Å². The lowest BCUT2D eigenvalue weighted by atomic mass is 10.0. The Hall–Kier alpha value is -1.31. The van der Waals surface area contributed by atoms with E-state index in [1.807, 2.05) is 25.1 Å². The fourth-order valence-corrected chi connectivity index (χ4v) is 1.02. The molecule has 0 amide bonds. The number of rotatable bonds is 1. The zero-order valence-corrected chi connectivity index (χ0v) is 7.63. The summed E-state index contributed by atoms with van der Waals surface area (Å²) in [6, 6.07) is 6.00. The minimum atomic E-state index is 0.651. The van der Waals surface area contributed by atoms with Crippen LogP contribution in [0.2, 0.25) is 0 Å². The number of hydrogen-bond donors (Lipinski definition) is 1. The molecule has 0 saturated carbocycles. The van der Waals surface area contributed by atoms with Gasteiger partial charge in [0.05, 0.1) is 5.71 Å². The van der Waals surface area contributed by atoms with Gasteiger partial charge in [-0.15, -0.1) is 0 Å². The normalized spacial score (nSPS) is 11.8. The van der Waals surface area contributed by atoms with Crippen molar-refractivity contribution in [3.63, 3.8) is 0 Å². The summed E-state index contributed by atoms with van der Waals surface area (Å²) in [7, 11) is 0. The summed E-state index contributed by atoms with van der Waals surface area (Å²) in [4.78, 5) is 0. The highest BCUT2D eigenvalue weighted by Gasteiger charge is 1.98. The SMILES string of the molecule is CC(=NO)c1ccc(C)c(C)c1. The third-order valence-electron chi connectivity index (χ3n) is 2.07. The second-order valence-corrected chi connectivity index (χ2v) is 2.98. The molecule has 0 heterocycles. The van der Waals surface area contributed by atoms with E-state index in [9.17, 15) is 0 Å². The molecular formula is C10H13NO. The van der Waals surface area contributed by atoms with Crippen molar-refractivity contribution >= 4 is 5.71 Å². The topological polar surface area (TPSA) is 32.6 Å². The summed E-state index contributed by atoms with van der Waals surface area (Å²) < 4.78 is 0. The molecule has 0 aliphatic rings. The van der Waals surface area contributed by atoms with Gasteiger partial charge in [-0.1, -0.05) is 17.3 Å². The van der Waals surface area contributed by atoms with Crippen LogP contribution in [0.1, 0.15) is 23.6 Å². The van der Waals surface area contributed by atoms with Gasteiger partial charge in [0.1, 0.15) is 0 Å². The monoisotopic (exact) mass is 163 g/mol. The minimum Gasteiger partial charge on any atom is -0.411 e. The lowest BCUT2D eigenvalue weighted by molar-refractivity contribution is 0.319. The van der Waals surface area contributed by atoms with E-state index >= 15 is 0 Å². The zero-order chi connectivity index (χ0) is 9.14. The van der Waals surface area contributed by atoms with E-state index in [0.717, 1.165) is 5.56 Å². The van der Waals surface area contributed by atoms with Gasteiger partial charge in [0.2, 0.25) is 0 Å². The molecule has 0 aliphatic heterocycles. The minimum absolute atomic E-state index is 0.651. The number of aryl methyl sites for hydroxylation is 2. The smallest absolute Gasteiger partial charge is 0.0837 e. The molecule has 1 rings (SSSR count). The fraction of sp³-hybridized carbons (Fsp3) is 0.300. The van der Waals surface area contributed by atoms with Crippen LogP contribution in [0, 0.1) is 13.8 Å². The van der Waals surface area contributed by atoms with Crippen LogP contribution >= 0.6 is 0 Å². The van der Waals surface area contributed by atoms with Crippen molar-refractivity contribution in [1.82, 2.24) is 0 Å². The van der Waals surface area contributed by atoms with Gasteiger partial charge in [-0.2, -0.15) is 0 Å². The van der Waals surface area contributed by atoms with Crippen molar-refractivity contribution in [2.75, 3.05) is 0 Å². The van der Waals surface area contributed by atoms with Gasteiger partial charge in [0.15, 0.2) is 0 Å². The van der Waals surface area contributed by atoms with E-state index in [2.05, 4.69) is 12.1 Å². The van der Waals surface area contributed by atoms with Crippen LogP contribution in [0.25, 0.3) is 0 Å². The average Bonchev–Trinajstić information content (AvgIpc) is 2.08. The summed E-state index contributed by atoms with van der Waals surface area (Å²) in [5.41, 5.74) is 4.10. The molecule has 0 aromatic heterocycles. The van der Waals surface area contributed by atoms with Gasteiger partial charge < -0.3 is 5.21 Å². The van der Waals surface area contributed by atoms with E-state index in [0.29, 0.717) is 5.71 Å². The summed E-state index contributed by atoms with van der Waals surface area (Å²) in [6.45, 7) is 5.89. The number of benzene rings is 1.